The van der Waals surface area contributed by atoms with Gasteiger partial charge in [-0.15, -0.1) is 0 Å². The van der Waals surface area contributed by atoms with Crippen LogP contribution < -0.4 is 0 Å². The molecular weight excluding hydrogens is 853 g/mol. The molecule has 0 fully saturated rings. The van der Waals surface area contributed by atoms with Crippen LogP contribution in [0.5, 0.6) is 0 Å². The first-order chi connectivity index (χ1) is 34.0. The molecule has 0 amide bonds. The van der Waals surface area contributed by atoms with Gasteiger partial charge in [-0.3, -0.25) is 14.4 Å². The number of carbonyl (C=O) groups is 3. The van der Waals surface area contributed by atoms with Gasteiger partial charge in [-0.2, -0.15) is 0 Å². The second-order valence-electron chi connectivity index (χ2n) is 21.0. The van der Waals surface area contributed by atoms with E-state index in [1.54, 1.807) is 0 Å². The lowest BCUT2D eigenvalue weighted by atomic mass is 10.0. The van der Waals surface area contributed by atoms with Crippen molar-refractivity contribution in [3.05, 3.63) is 24.3 Å². The predicted octanol–water partition coefficient (Wildman–Crippen LogP) is 20.7. The summed E-state index contributed by atoms with van der Waals surface area (Å²) in [5.74, 6) is -0.876. The van der Waals surface area contributed by atoms with Crippen LogP contribution in [0.2, 0.25) is 0 Å². The Morgan fingerprint density at radius 2 is 0.478 bits per heavy atom. The molecular formula is C63H118O6. The zero-order valence-electron chi connectivity index (χ0n) is 46.6. The zero-order valence-corrected chi connectivity index (χ0v) is 46.6. The Hall–Kier alpha value is -2.11. The fourth-order valence-corrected chi connectivity index (χ4v) is 9.26. The van der Waals surface area contributed by atoms with Crippen molar-refractivity contribution in [2.75, 3.05) is 13.2 Å². The highest BCUT2D eigenvalue weighted by Crippen LogP contribution is 2.17. The van der Waals surface area contributed by atoms with E-state index >= 15 is 0 Å². The largest absolute Gasteiger partial charge is 0.462 e. The number of rotatable bonds is 57. The van der Waals surface area contributed by atoms with Gasteiger partial charge in [-0.25, -0.2) is 0 Å². The van der Waals surface area contributed by atoms with Gasteiger partial charge in [0.25, 0.3) is 0 Å². The summed E-state index contributed by atoms with van der Waals surface area (Å²) in [6, 6.07) is 0. The molecule has 0 aliphatic carbocycles. The molecule has 0 bridgehead atoms. The Morgan fingerprint density at radius 3 is 0.725 bits per heavy atom. The summed E-state index contributed by atoms with van der Waals surface area (Å²) < 4.78 is 16.7. The average Bonchev–Trinajstić information content (AvgIpc) is 3.35. The molecule has 0 aromatic rings. The molecule has 0 aliphatic rings. The standard InChI is InChI=1S/C63H118O6/c1-4-7-10-13-15-17-19-21-23-24-25-26-27-28-29-30-31-32-33-34-35-36-37-38-40-41-43-45-47-50-53-56-62(65)68-59-60(58-67-61(64)55-52-49-12-9-6-3)69-63(66)57-54-51-48-46-44-42-39-22-20-18-16-14-11-8-5-2/h22,24-25,39,60H,4-21,23,26-38,40-59H2,1-3H3/b25-24-,39-22-. The third kappa shape index (κ3) is 56.7. The highest BCUT2D eigenvalue weighted by atomic mass is 16.6. The summed E-state index contributed by atoms with van der Waals surface area (Å²) in [6.07, 6.45) is 69.6. The van der Waals surface area contributed by atoms with Crippen LogP contribution in [-0.4, -0.2) is 37.2 Å². The molecule has 6 nitrogen and oxygen atoms in total. The lowest BCUT2D eigenvalue weighted by Crippen LogP contribution is -2.30. The molecule has 0 spiro atoms. The van der Waals surface area contributed by atoms with Gasteiger partial charge >= 0.3 is 17.9 Å². The van der Waals surface area contributed by atoms with Crippen molar-refractivity contribution >= 4 is 17.9 Å². The number of allylic oxidation sites excluding steroid dienone is 4. The van der Waals surface area contributed by atoms with Gasteiger partial charge < -0.3 is 14.2 Å². The van der Waals surface area contributed by atoms with Gasteiger partial charge in [0.15, 0.2) is 6.10 Å². The molecule has 0 aromatic carbocycles. The molecule has 0 heterocycles. The molecule has 0 aromatic heterocycles. The van der Waals surface area contributed by atoms with Crippen LogP contribution >= 0.6 is 0 Å². The smallest absolute Gasteiger partial charge is 0.306 e. The number of hydrogen-bond acceptors (Lipinski definition) is 6. The van der Waals surface area contributed by atoms with Crippen LogP contribution in [0.3, 0.4) is 0 Å². The summed E-state index contributed by atoms with van der Waals surface area (Å²) in [6.45, 7) is 6.59. The van der Waals surface area contributed by atoms with E-state index in [2.05, 4.69) is 45.1 Å². The molecule has 1 atom stereocenters. The molecule has 0 saturated carbocycles. The minimum absolute atomic E-state index is 0.0706. The van der Waals surface area contributed by atoms with Gasteiger partial charge in [-0.1, -0.05) is 276 Å². The second-order valence-corrected chi connectivity index (χ2v) is 21.0. The summed E-state index contributed by atoms with van der Waals surface area (Å²) in [5, 5.41) is 0. The number of ether oxygens (including phenoxy) is 3. The van der Waals surface area contributed by atoms with E-state index in [9.17, 15) is 14.4 Å². The van der Waals surface area contributed by atoms with Crippen molar-refractivity contribution in [3.63, 3.8) is 0 Å². The van der Waals surface area contributed by atoms with E-state index < -0.39 is 6.10 Å². The maximum atomic E-state index is 12.8. The van der Waals surface area contributed by atoms with Crippen molar-refractivity contribution in [3.8, 4) is 0 Å². The maximum absolute atomic E-state index is 12.8. The van der Waals surface area contributed by atoms with Crippen molar-refractivity contribution in [2.24, 2.45) is 0 Å². The fraction of sp³-hybridized carbons (Fsp3) is 0.889. The molecule has 0 N–H and O–H groups in total. The van der Waals surface area contributed by atoms with Crippen LogP contribution in [0.15, 0.2) is 24.3 Å². The summed E-state index contributed by atoms with van der Waals surface area (Å²) in [4.78, 5) is 37.8. The summed E-state index contributed by atoms with van der Waals surface area (Å²) in [5.41, 5.74) is 0. The summed E-state index contributed by atoms with van der Waals surface area (Å²) in [7, 11) is 0. The highest BCUT2D eigenvalue weighted by molar-refractivity contribution is 5.71. The first kappa shape index (κ1) is 66.9. The zero-order chi connectivity index (χ0) is 50.0. The number of carbonyl (C=O) groups excluding carboxylic acids is 3. The van der Waals surface area contributed by atoms with E-state index in [0.717, 1.165) is 70.6 Å². The Kier molecular flexibility index (Phi) is 56.7. The SMILES string of the molecule is CCCCCCCC/C=C\CCCCCCCC(=O)OC(COC(=O)CCCCCCC)COC(=O)CCCCCCCCCCCCCCCCCCCCC/C=C\CCCCCCCCCC. The van der Waals surface area contributed by atoms with Crippen molar-refractivity contribution in [1.29, 1.82) is 0 Å². The molecule has 0 saturated heterocycles. The van der Waals surface area contributed by atoms with Crippen molar-refractivity contribution < 1.29 is 28.6 Å². The minimum atomic E-state index is -0.768. The van der Waals surface area contributed by atoms with Crippen LogP contribution in [0.4, 0.5) is 0 Å². The number of unbranched alkanes of at least 4 members (excludes halogenated alkanes) is 42. The van der Waals surface area contributed by atoms with Crippen LogP contribution in [0.1, 0.15) is 342 Å². The molecule has 69 heavy (non-hydrogen) atoms. The van der Waals surface area contributed by atoms with Gasteiger partial charge in [0.05, 0.1) is 0 Å². The van der Waals surface area contributed by atoms with Gasteiger partial charge in [0.1, 0.15) is 13.2 Å². The predicted molar refractivity (Wildman–Crippen MR) is 298 cm³/mol. The third-order valence-electron chi connectivity index (χ3n) is 13.9. The Bertz CT molecular complexity index is 1110. The lowest BCUT2D eigenvalue weighted by molar-refractivity contribution is -0.167. The van der Waals surface area contributed by atoms with E-state index in [4.69, 9.17) is 14.2 Å². The number of esters is 3. The minimum Gasteiger partial charge on any atom is -0.462 e. The molecule has 406 valence electrons. The molecule has 1 unspecified atom stereocenters. The second kappa shape index (κ2) is 58.5. The molecule has 0 rings (SSSR count). The van der Waals surface area contributed by atoms with Crippen molar-refractivity contribution in [1.82, 2.24) is 0 Å². The highest BCUT2D eigenvalue weighted by Gasteiger charge is 2.19. The van der Waals surface area contributed by atoms with Gasteiger partial charge in [0, 0.05) is 19.3 Å². The Balaban J connectivity index is 3.90. The molecule has 6 heteroatoms. The van der Waals surface area contributed by atoms with E-state index in [1.165, 1.54) is 231 Å². The van der Waals surface area contributed by atoms with E-state index in [0.29, 0.717) is 19.3 Å². The number of hydrogen-bond donors (Lipinski definition) is 0. The quantitative estimate of drug-likeness (QED) is 0.0261. The van der Waals surface area contributed by atoms with Crippen LogP contribution in [0, 0.1) is 0 Å². The Labute approximate surface area is 430 Å². The summed E-state index contributed by atoms with van der Waals surface area (Å²) >= 11 is 0. The lowest BCUT2D eigenvalue weighted by Gasteiger charge is -2.18. The van der Waals surface area contributed by atoms with E-state index in [-0.39, 0.29) is 31.1 Å². The topological polar surface area (TPSA) is 78.9 Å². The maximum Gasteiger partial charge on any atom is 0.306 e. The average molecular weight is 972 g/mol. The van der Waals surface area contributed by atoms with Crippen LogP contribution in [-0.2, 0) is 28.6 Å². The Morgan fingerprint density at radius 1 is 0.275 bits per heavy atom. The molecule has 0 aliphatic heterocycles. The van der Waals surface area contributed by atoms with Gasteiger partial charge in [0.2, 0.25) is 0 Å². The normalized spacial score (nSPS) is 12.1. The van der Waals surface area contributed by atoms with Gasteiger partial charge in [-0.05, 0) is 70.6 Å². The third-order valence-corrected chi connectivity index (χ3v) is 13.9. The first-order valence-electron chi connectivity index (χ1n) is 30.8. The monoisotopic (exact) mass is 971 g/mol. The van der Waals surface area contributed by atoms with E-state index in [1.807, 2.05) is 0 Å². The van der Waals surface area contributed by atoms with Crippen molar-refractivity contribution in [2.45, 2.75) is 348 Å². The first-order valence-corrected chi connectivity index (χ1v) is 30.8. The van der Waals surface area contributed by atoms with Crippen LogP contribution in [0.25, 0.3) is 0 Å². The molecule has 0 radical (unpaired) electrons. The fourth-order valence-electron chi connectivity index (χ4n) is 9.26.